The van der Waals surface area contributed by atoms with Crippen LogP contribution in [0, 0.1) is 0 Å². The van der Waals surface area contributed by atoms with Gasteiger partial charge in [0.05, 0.1) is 12.8 Å². The molecule has 1 aromatic heterocycles. The van der Waals surface area contributed by atoms with E-state index < -0.39 is 12.0 Å². The van der Waals surface area contributed by atoms with Crippen molar-refractivity contribution in [2.45, 2.75) is 6.54 Å². The Balaban J connectivity index is 1.97. The fourth-order valence-electron chi connectivity index (χ4n) is 1.72. The molecule has 0 saturated heterocycles. The smallest absolute Gasteiger partial charge is 0.358 e. The van der Waals surface area contributed by atoms with E-state index in [1.165, 1.54) is 13.3 Å². The zero-order chi connectivity index (χ0) is 15.9. The number of esters is 1. The van der Waals surface area contributed by atoms with Gasteiger partial charge in [-0.3, -0.25) is 0 Å². The molecule has 2 N–H and O–H groups in total. The van der Waals surface area contributed by atoms with Crippen molar-refractivity contribution in [3.63, 3.8) is 0 Å². The highest BCUT2D eigenvalue weighted by atomic mass is 35.5. The lowest BCUT2D eigenvalue weighted by molar-refractivity contribution is 0.0595. The van der Waals surface area contributed by atoms with Crippen LogP contribution in [0.25, 0.3) is 0 Å². The lowest BCUT2D eigenvalue weighted by Crippen LogP contribution is -2.29. The van der Waals surface area contributed by atoms with Crippen molar-refractivity contribution >= 4 is 29.3 Å². The van der Waals surface area contributed by atoms with Crippen molar-refractivity contribution in [3.05, 3.63) is 58.9 Å². The average Bonchev–Trinajstić information content (AvgIpc) is 2.54. The number of hydrogen-bond donors (Lipinski definition) is 2. The molecule has 114 valence electrons. The summed E-state index contributed by atoms with van der Waals surface area (Å²) >= 11 is 5.79. The molecule has 0 bridgehead atoms. The van der Waals surface area contributed by atoms with Gasteiger partial charge in [-0.2, -0.15) is 0 Å². The fourth-order valence-corrected chi connectivity index (χ4v) is 1.84. The Morgan fingerprint density at radius 3 is 2.64 bits per heavy atom. The Morgan fingerprint density at radius 1 is 1.23 bits per heavy atom. The molecule has 0 unspecified atom stereocenters. The summed E-state index contributed by atoms with van der Waals surface area (Å²) in [7, 11) is 1.25. The molecule has 0 saturated carbocycles. The summed E-state index contributed by atoms with van der Waals surface area (Å²) in [5.41, 5.74) is 1.23. The van der Waals surface area contributed by atoms with E-state index in [0.717, 1.165) is 5.56 Å². The molecule has 0 spiro atoms. The normalized spacial score (nSPS) is 9.91. The zero-order valence-corrected chi connectivity index (χ0v) is 12.6. The van der Waals surface area contributed by atoms with Gasteiger partial charge in [0.2, 0.25) is 0 Å². The molecule has 2 aromatic rings. The number of ether oxygens (including phenoxy) is 1. The molecule has 2 amide bonds. The summed E-state index contributed by atoms with van der Waals surface area (Å²) in [5, 5.41) is 5.88. The molecule has 6 nitrogen and oxygen atoms in total. The number of anilines is 1. The highest BCUT2D eigenvalue weighted by Gasteiger charge is 2.14. The Morgan fingerprint density at radius 2 is 1.95 bits per heavy atom. The van der Waals surface area contributed by atoms with Crippen molar-refractivity contribution in [1.82, 2.24) is 10.3 Å². The van der Waals surface area contributed by atoms with E-state index in [1.54, 1.807) is 24.3 Å². The van der Waals surface area contributed by atoms with E-state index in [-0.39, 0.29) is 11.4 Å². The van der Waals surface area contributed by atoms with Gasteiger partial charge in [-0.25, -0.2) is 14.6 Å². The van der Waals surface area contributed by atoms with E-state index in [1.807, 2.05) is 12.1 Å². The number of halogens is 1. The molecule has 0 fully saturated rings. The van der Waals surface area contributed by atoms with E-state index in [2.05, 4.69) is 20.4 Å². The predicted molar refractivity (Wildman–Crippen MR) is 82.9 cm³/mol. The maximum absolute atomic E-state index is 11.9. The number of methoxy groups -OCH3 is 1. The van der Waals surface area contributed by atoms with Crippen LogP contribution in [0.2, 0.25) is 5.02 Å². The monoisotopic (exact) mass is 319 g/mol. The summed E-state index contributed by atoms with van der Waals surface area (Å²) in [4.78, 5) is 27.3. The molecule has 0 aliphatic carbocycles. The minimum absolute atomic E-state index is 0.0478. The largest absolute Gasteiger partial charge is 0.464 e. The molecule has 22 heavy (non-hydrogen) atoms. The number of urea groups is 1. The maximum atomic E-state index is 11.9. The van der Waals surface area contributed by atoms with Gasteiger partial charge in [0.1, 0.15) is 0 Å². The molecule has 0 aliphatic heterocycles. The second-order valence-electron chi connectivity index (χ2n) is 4.33. The SMILES string of the molecule is COC(=O)c1ncccc1NC(=O)NCc1ccc(Cl)cc1. The van der Waals surface area contributed by atoms with Crippen LogP contribution in [0.1, 0.15) is 16.1 Å². The predicted octanol–water partition coefficient (Wildman–Crippen LogP) is 2.84. The highest BCUT2D eigenvalue weighted by molar-refractivity contribution is 6.30. The van der Waals surface area contributed by atoms with Crippen LogP contribution < -0.4 is 10.6 Å². The minimum Gasteiger partial charge on any atom is -0.464 e. The van der Waals surface area contributed by atoms with Gasteiger partial charge in [0.25, 0.3) is 0 Å². The van der Waals surface area contributed by atoms with E-state index in [4.69, 9.17) is 11.6 Å². The van der Waals surface area contributed by atoms with E-state index in [9.17, 15) is 9.59 Å². The van der Waals surface area contributed by atoms with Crippen LogP contribution in [0.4, 0.5) is 10.5 Å². The first-order valence-corrected chi connectivity index (χ1v) is 6.80. The molecule has 0 aliphatic rings. The van der Waals surface area contributed by atoms with Gasteiger partial charge in [-0.15, -0.1) is 0 Å². The molecular weight excluding hydrogens is 306 g/mol. The number of benzene rings is 1. The number of amides is 2. The molecular formula is C15H14ClN3O3. The summed E-state index contributed by atoms with van der Waals surface area (Å²) in [6.45, 7) is 0.330. The molecule has 7 heteroatoms. The summed E-state index contributed by atoms with van der Waals surface area (Å²) < 4.78 is 4.61. The number of nitrogens with one attached hydrogen (secondary N) is 2. The Kier molecular flexibility index (Phi) is 5.32. The van der Waals surface area contributed by atoms with Crippen molar-refractivity contribution < 1.29 is 14.3 Å². The number of hydrogen-bond acceptors (Lipinski definition) is 4. The van der Waals surface area contributed by atoms with E-state index in [0.29, 0.717) is 11.6 Å². The molecule has 1 aromatic carbocycles. The van der Waals surface area contributed by atoms with Gasteiger partial charge in [-0.05, 0) is 29.8 Å². The van der Waals surface area contributed by atoms with Crippen LogP contribution in [-0.2, 0) is 11.3 Å². The lowest BCUT2D eigenvalue weighted by atomic mass is 10.2. The standard InChI is InChI=1S/C15H14ClN3O3/c1-22-14(20)13-12(3-2-8-17-13)19-15(21)18-9-10-4-6-11(16)7-5-10/h2-8H,9H2,1H3,(H2,18,19,21). The zero-order valence-electron chi connectivity index (χ0n) is 11.8. The number of carbonyl (C=O) groups is 2. The Bertz CT molecular complexity index is 674. The van der Waals surface area contributed by atoms with Crippen LogP contribution in [0.15, 0.2) is 42.6 Å². The Labute approximate surface area is 132 Å². The van der Waals surface area contributed by atoms with Crippen molar-refractivity contribution in [1.29, 1.82) is 0 Å². The van der Waals surface area contributed by atoms with E-state index >= 15 is 0 Å². The summed E-state index contributed by atoms with van der Waals surface area (Å²) in [6, 6.07) is 9.84. The third kappa shape index (κ3) is 4.20. The van der Waals surface area contributed by atoms with Crippen LogP contribution >= 0.6 is 11.6 Å². The number of aromatic nitrogens is 1. The molecule has 0 radical (unpaired) electrons. The summed E-state index contributed by atoms with van der Waals surface area (Å²) in [6.07, 6.45) is 1.45. The van der Waals surface area contributed by atoms with Crippen LogP contribution in [0.5, 0.6) is 0 Å². The van der Waals surface area contributed by atoms with Crippen molar-refractivity contribution in [2.75, 3.05) is 12.4 Å². The maximum Gasteiger partial charge on any atom is 0.358 e. The van der Waals surface area contributed by atoms with Gasteiger partial charge in [-0.1, -0.05) is 23.7 Å². The minimum atomic E-state index is -0.617. The fraction of sp³-hybridized carbons (Fsp3) is 0.133. The quantitative estimate of drug-likeness (QED) is 0.849. The topological polar surface area (TPSA) is 80.3 Å². The molecule has 1 heterocycles. The highest BCUT2D eigenvalue weighted by Crippen LogP contribution is 2.13. The summed E-state index contributed by atoms with van der Waals surface area (Å²) in [5.74, 6) is -0.617. The average molecular weight is 320 g/mol. The van der Waals surface area contributed by atoms with Crippen molar-refractivity contribution in [2.24, 2.45) is 0 Å². The third-order valence-electron chi connectivity index (χ3n) is 2.80. The first-order valence-electron chi connectivity index (χ1n) is 6.43. The van der Waals surface area contributed by atoms with Crippen LogP contribution in [0.3, 0.4) is 0 Å². The second-order valence-corrected chi connectivity index (χ2v) is 4.76. The molecule has 0 atom stereocenters. The third-order valence-corrected chi connectivity index (χ3v) is 3.05. The first-order chi connectivity index (χ1) is 10.6. The first kappa shape index (κ1) is 15.8. The van der Waals surface area contributed by atoms with Crippen LogP contribution in [-0.4, -0.2) is 24.1 Å². The van der Waals surface area contributed by atoms with Gasteiger partial charge in [0.15, 0.2) is 5.69 Å². The molecule has 2 rings (SSSR count). The van der Waals surface area contributed by atoms with Crippen molar-refractivity contribution in [3.8, 4) is 0 Å². The number of nitrogens with zero attached hydrogens (tertiary/aromatic N) is 1. The number of rotatable bonds is 4. The van der Waals surface area contributed by atoms with Gasteiger partial charge < -0.3 is 15.4 Å². The number of pyridine rings is 1. The number of carbonyl (C=O) groups excluding carboxylic acids is 2. The van der Waals surface area contributed by atoms with Gasteiger partial charge in [0, 0.05) is 17.8 Å². The Hall–Kier alpha value is -2.60. The second kappa shape index (κ2) is 7.42. The lowest BCUT2D eigenvalue weighted by Gasteiger charge is -2.10. The van der Waals surface area contributed by atoms with Gasteiger partial charge >= 0.3 is 12.0 Å².